The first-order chi connectivity index (χ1) is 11.3. The van der Waals surface area contributed by atoms with E-state index in [2.05, 4.69) is 11.4 Å². The van der Waals surface area contributed by atoms with Crippen molar-refractivity contribution in [2.75, 3.05) is 6.54 Å². The Labute approximate surface area is 141 Å². The lowest BCUT2D eigenvalue weighted by Crippen LogP contribution is -2.46. The molecule has 1 atom stereocenters. The number of benzene rings is 1. The highest BCUT2D eigenvalue weighted by Gasteiger charge is 2.35. The van der Waals surface area contributed by atoms with Gasteiger partial charge in [-0.2, -0.15) is 5.26 Å². The van der Waals surface area contributed by atoms with Crippen LogP contribution < -0.4 is 5.32 Å². The van der Waals surface area contributed by atoms with E-state index in [1.807, 2.05) is 13.8 Å². The quantitative estimate of drug-likeness (QED) is 0.810. The summed E-state index contributed by atoms with van der Waals surface area (Å²) in [5.41, 5.74) is -0.220. The van der Waals surface area contributed by atoms with Crippen LogP contribution in [-0.4, -0.2) is 34.7 Å². The third-order valence-corrected chi connectivity index (χ3v) is 3.92. The molecule has 0 aliphatic carbocycles. The van der Waals surface area contributed by atoms with Gasteiger partial charge in [-0.25, -0.2) is 0 Å². The number of nitrogens with one attached hydrogen (secondary N) is 1. The third-order valence-electron chi connectivity index (χ3n) is 3.92. The number of fused-ring (bicyclic) bond motifs is 1. The monoisotopic (exact) mass is 327 g/mol. The van der Waals surface area contributed by atoms with E-state index in [-0.39, 0.29) is 36.6 Å². The minimum absolute atomic E-state index is 0.00136. The molecule has 3 amide bonds. The fraction of sp³-hybridized carbons (Fsp3) is 0.444. The summed E-state index contributed by atoms with van der Waals surface area (Å²) in [5, 5.41) is 12.0. The second-order valence-corrected chi connectivity index (χ2v) is 6.65. The second kappa shape index (κ2) is 6.83. The first-order valence-corrected chi connectivity index (χ1v) is 7.95. The van der Waals surface area contributed by atoms with Crippen molar-refractivity contribution in [1.29, 1.82) is 5.26 Å². The van der Waals surface area contributed by atoms with Crippen LogP contribution in [0.15, 0.2) is 24.3 Å². The SMILES string of the molecule is CC(C)CC(C)(C#N)NC(=O)CCN1C(=O)c2ccccc2C1=O. The molecule has 0 saturated carbocycles. The highest BCUT2D eigenvalue weighted by atomic mass is 16.2. The highest BCUT2D eigenvalue weighted by molar-refractivity contribution is 6.21. The number of imide groups is 1. The van der Waals surface area contributed by atoms with Gasteiger partial charge in [0.2, 0.25) is 5.91 Å². The van der Waals surface area contributed by atoms with Crippen LogP contribution in [0.5, 0.6) is 0 Å². The van der Waals surface area contributed by atoms with Crippen LogP contribution in [0.3, 0.4) is 0 Å². The van der Waals surface area contributed by atoms with E-state index in [1.165, 1.54) is 0 Å². The number of hydrogen-bond donors (Lipinski definition) is 1. The number of carbonyl (C=O) groups excluding carboxylic acids is 3. The molecule has 1 aliphatic rings. The normalized spacial score (nSPS) is 15.9. The van der Waals surface area contributed by atoms with Crippen molar-refractivity contribution in [2.24, 2.45) is 5.92 Å². The number of nitrogens with zero attached hydrogens (tertiary/aromatic N) is 2. The number of nitriles is 1. The Morgan fingerprint density at radius 3 is 2.25 bits per heavy atom. The van der Waals surface area contributed by atoms with Gasteiger partial charge in [0.05, 0.1) is 17.2 Å². The zero-order chi connectivity index (χ0) is 17.9. The van der Waals surface area contributed by atoms with Crippen molar-refractivity contribution in [3.05, 3.63) is 35.4 Å². The van der Waals surface area contributed by atoms with Gasteiger partial charge in [-0.15, -0.1) is 0 Å². The predicted octanol–water partition coefficient (Wildman–Crippen LogP) is 2.12. The van der Waals surface area contributed by atoms with E-state index in [0.717, 1.165) is 4.90 Å². The Morgan fingerprint density at radius 2 is 1.79 bits per heavy atom. The van der Waals surface area contributed by atoms with Crippen LogP contribution in [0.25, 0.3) is 0 Å². The van der Waals surface area contributed by atoms with Crippen molar-refractivity contribution in [3.8, 4) is 6.07 Å². The summed E-state index contributed by atoms with van der Waals surface area (Å²) in [4.78, 5) is 37.7. The first kappa shape index (κ1) is 17.7. The molecule has 0 bridgehead atoms. The lowest BCUT2D eigenvalue weighted by molar-refractivity contribution is -0.122. The summed E-state index contributed by atoms with van der Waals surface area (Å²) in [6.07, 6.45) is 0.503. The molecule has 6 heteroatoms. The molecule has 0 fully saturated rings. The van der Waals surface area contributed by atoms with Crippen LogP contribution in [0.4, 0.5) is 0 Å². The molecule has 1 N–H and O–H groups in total. The standard InChI is InChI=1S/C18H21N3O3/c1-12(2)10-18(3,11-19)20-15(22)8-9-21-16(23)13-6-4-5-7-14(13)17(21)24/h4-7,12H,8-10H2,1-3H3,(H,20,22). The highest BCUT2D eigenvalue weighted by Crippen LogP contribution is 2.22. The van der Waals surface area contributed by atoms with Crippen LogP contribution >= 0.6 is 0 Å². The maximum atomic E-state index is 12.2. The van der Waals surface area contributed by atoms with E-state index < -0.39 is 5.54 Å². The molecule has 24 heavy (non-hydrogen) atoms. The average Bonchev–Trinajstić information content (AvgIpc) is 2.76. The molecule has 2 rings (SSSR count). The van der Waals surface area contributed by atoms with Gasteiger partial charge in [0.25, 0.3) is 11.8 Å². The molecule has 1 aliphatic heterocycles. The van der Waals surface area contributed by atoms with E-state index in [9.17, 15) is 19.6 Å². The van der Waals surface area contributed by atoms with E-state index in [4.69, 9.17) is 0 Å². The number of rotatable bonds is 6. The van der Waals surface area contributed by atoms with E-state index >= 15 is 0 Å². The van der Waals surface area contributed by atoms with Gasteiger partial charge in [0.15, 0.2) is 0 Å². The molecule has 1 aromatic rings. The molecule has 126 valence electrons. The largest absolute Gasteiger partial charge is 0.338 e. The van der Waals surface area contributed by atoms with Crippen molar-refractivity contribution < 1.29 is 14.4 Å². The summed E-state index contributed by atoms with van der Waals surface area (Å²) in [5.74, 6) is -0.857. The van der Waals surface area contributed by atoms with E-state index in [0.29, 0.717) is 17.5 Å². The van der Waals surface area contributed by atoms with Crippen LogP contribution in [-0.2, 0) is 4.79 Å². The lowest BCUT2D eigenvalue weighted by Gasteiger charge is -2.25. The van der Waals surface area contributed by atoms with Crippen LogP contribution in [0.1, 0.15) is 54.3 Å². The van der Waals surface area contributed by atoms with Gasteiger partial charge in [-0.05, 0) is 31.4 Å². The topological polar surface area (TPSA) is 90.3 Å². The lowest BCUT2D eigenvalue weighted by atomic mass is 9.92. The van der Waals surface area contributed by atoms with Crippen molar-refractivity contribution in [2.45, 2.75) is 39.2 Å². The molecule has 1 aromatic carbocycles. The van der Waals surface area contributed by atoms with Gasteiger partial charge >= 0.3 is 0 Å². The molecule has 6 nitrogen and oxygen atoms in total. The molecule has 0 aromatic heterocycles. The van der Waals surface area contributed by atoms with Gasteiger partial charge in [0.1, 0.15) is 5.54 Å². The Bertz CT molecular complexity index is 685. The Hall–Kier alpha value is -2.68. The maximum absolute atomic E-state index is 12.2. The molecule has 0 radical (unpaired) electrons. The fourth-order valence-electron chi connectivity index (χ4n) is 2.97. The predicted molar refractivity (Wildman–Crippen MR) is 88.0 cm³/mol. The first-order valence-electron chi connectivity index (χ1n) is 7.95. The van der Waals surface area contributed by atoms with Gasteiger partial charge in [-0.1, -0.05) is 26.0 Å². The number of hydrogen-bond acceptors (Lipinski definition) is 4. The van der Waals surface area contributed by atoms with Crippen molar-refractivity contribution in [1.82, 2.24) is 10.2 Å². The maximum Gasteiger partial charge on any atom is 0.261 e. The second-order valence-electron chi connectivity index (χ2n) is 6.65. The molecule has 1 unspecified atom stereocenters. The molecular formula is C18H21N3O3. The van der Waals surface area contributed by atoms with Gasteiger partial charge < -0.3 is 5.32 Å². The van der Waals surface area contributed by atoms with Crippen LogP contribution in [0, 0.1) is 17.2 Å². The fourth-order valence-corrected chi connectivity index (χ4v) is 2.97. The Balaban J connectivity index is 1.97. The average molecular weight is 327 g/mol. The zero-order valence-corrected chi connectivity index (χ0v) is 14.1. The summed E-state index contributed by atoms with van der Waals surface area (Å²) in [6, 6.07) is 8.72. The summed E-state index contributed by atoms with van der Waals surface area (Å²) >= 11 is 0. The number of amides is 3. The minimum atomic E-state index is -0.951. The Morgan fingerprint density at radius 1 is 1.25 bits per heavy atom. The Kier molecular flexibility index (Phi) is 5.03. The smallest absolute Gasteiger partial charge is 0.261 e. The number of carbonyl (C=O) groups is 3. The summed E-state index contributed by atoms with van der Waals surface area (Å²) < 4.78 is 0. The molecular weight excluding hydrogens is 306 g/mol. The molecule has 1 heterocycles. The zero-order valence-electron chi connectivity index (χ0n) is 14.1. The van der Waals surface area contributed by atoms with Crippen molar-refractivity contribution in [3.63, 3.8) is 0 Å². The third kappa shape index (κ3) is 3.62. The summed E-state index contributed by atoms with van der Waals surface area (Å²) in [7, 11) is 0. The molecule has 0 spiro atoms. The summed E-state index contributed by atoms with van der Waals surface area (Å²) in [6.45, 7) is 5.62. The van der Waals surface area contributed by atoms with E-state index in [1.54, 1.807) is 31.2 Å². The van der Waals surface area contributed by atoms with Crippen LogP contribution in [0.2, 0.25) is 0 Å². The van der Waals surface area contributed by atoms with Gasteiger partial charge in [-0.3, -0.25) is 19.3 Å². The minimum Gasteiger partial charge on any atom is -0.338 e. The molecule has 0 saturated heterocycles. The van der Waals surface area contributed by atoms with Crippen molar-refractivity contribution >= 4 is 17.7 Å². The van der Waals surface area contributed by atoms with Gasteiger partial charge in [0, 0.05) is 13.0 Å².